The molecule has 0 rings (SSSR count). The first-order valence-electron chi connectivity index (χ1n) is 0.902. The van der Waals surface area contributed by atoms with E-state index >= 15 is 0 Å². The van der Waals surface area contributed by atoms with E-state index in [4.69, 9.17) is 5.73 Å². The van der Waals surface area contributed by atoms with Gasteiger partial charge in [0.1, 0.15) is 0 Å². The molecule has 0 atom stereocenters. The second-order valence-electron chi connectivity index (χ2n) is 0.397. The zero-order valence-corrected chi connectivity index (χ0v) is 4.83. The van der Waals surface area contributed by atoms with E-state index in [1.54, 1.807) is 0 Å². The molecule has 0 amide bonds. The van der Waals surface area contributed by atoms with E-state index in [1.165, 1.54) is 5.49 Å². The fourth-order valence-corrected chi connectivity index (χ4v) is 0. The van der Waals surface area contributed by atoms with E-state index in [2.05, 4.69) is 22.4 Å². The number of nitrogens with two attached hydrogens (primary N) is 1. The monoisotopic (exact) mass is 125 g/mol. The molecule has 0 saturated carbocycles. The van der Waals surface area contributed by atoms with Crippen LogP contribution in [0.25, 0.3) is 0 Å². The van der Waals surface area contributed by atoms with Crippen LogP contribution in [0.1, 0.15) is 0 Å². The third kappa shape index (κ3) is 4.49. The van der Waals surface area contributed by atoms with Crippen LogP contribution in [0.3, 0.4) is 0 Å². The molecule has 0 fully saturated rings. The molecule has 0 aliphatic rings. The van der Waals surface area contributed by atoms with Gasteiger partial charge in [0, 0.05) is 5.49 Å². The van der Waals surface area contributed by atoms with Crippen molar-refractivity contribution in [3.8, 4) is 0 Å². The molecule has 0 unspecified atom stereocenters. The summed E-state index contributed by atoms with van der Waals surface area (Å²) in [6, 6.07) is 0. The first kappa shape index (κ1) is 5.49. The molecule has 0 radical (unpaired) electrons. The molecule has 1 nitrogen and oxygen atoms in total. The average Bonchev–Trinajstić information content (AvgIpc) is 1.38. The predicted octanol–water partition coefficient (Wildman–Crippen LogP) is -0.753. The SMILES string of the molecule is NC=S(=S)=S. The van der Waals surface area contributed by atoms with Crippen LogP contribution < -0.4 is 5.73 Å². The summed E-state index contributed by atoms with van der Waals surface area (Å²) < 4.78 is 0. The van der Waals surface area contributed by atoms with Crippen molar-refractivity contribution >= 4 is 35.5 Å². The maximum absolute atomic E-state index is 4.85. The maximum Gasteiger partial charge on any atom is 0.0407 e. The van der Waals surface area contributed by atoms with Gasteiger partial charge < -0.3 is 0 Å². The van der Waals surface area contributed by atoms with E-state index in [-0.39, 0.29) is 0 Å². The van der Waals surface area contributed by atoms with Gasteiger partial charge in [-0.2, -0.15) is 0 Å². The van der Waals surface area contributed by atoms with Gasteiger partial charge in [0.15, 0.2) is 0 Å². The van der Waals surface area contributed by atoms with Gasteiger partial charge in [0.25, 0.3) is 0 Å². The van der Waals surface area contributed by atoms with Crippen molar-refractivity contribution in [3.05, 3.63) is 0 Å². The molecule has 2 N–H and O–H groups in total. The number of hydrogen-bond acceptors (Lipinski definition) is 2. The second kappa shape index (κ2) is 2.71. The van der Waals surface area contributed by atoms with Crippen LogP contribution in [-0.2, 0) is 30.0 Å². The van der Waals surface area contributed by atoms with E-state index in [9.17, 15) is 0 Å². The van der Waals surface area contributed by atoms with Gasteiger partial charge >= 0.3 is 0 Å². The molecule has 0 bridgehead atoms. The van der Waals surface area contributed by atoms with E-state index < -0.39 is 7.60 Å². The largest absolute Gasteiger partial charge is 0.300 e. The lowest BCUT2D eigenvalue weighted by molar-refractivity contribution is 1.93. The minimum absolute atomic E-state index is 0.503. The van der Waals surface area contributed by atoms with E-state index in [0.29, 0.717) is 0 Å². The third-order valence-electron chi connectivity index (χ3n) is 0.111. The predicted molar refractivity (Wildman–Crippen MR) is 32.3 cm³/mol. The Bertz CT molecular complexity index is 110. The molecular formula is CH3NS3. The minimum Gasteiger partial charge on any atom is -0.300 e. The zero-order chi connectivity index (χ0) is 4.28. The Morgan fingerprint density at radius 1 is 1.60 bits per heavy atom. The summed E-state index contributed by atoms with van der Waals surface area (Å²) in [7, 11) is -0.503. The van der Waals surface area contributed by atoms with Crippen LogP contribution >= 0.6 is 0 Å². The fraction of sp³-hybridized carbons (Fsp3) is 0. The van der Waals surface area contributed by atoms with Crippen molar-refractivity contribution < 1.29 is 0 Å². The number of hydrogen-bond donors (Lipinski definition) is 1. The molecule has 0 saturated heterocycles. The Balaban J connectivity index is 4.25. The maximum atomic E-state index is 4.85. The lowest BCUT2D eigenvalue weighted by Crippen LogP contribution is -1.85. The van der Waals surface area contributed by atoms with Crippen molar-refractivity contribution in [1.29, 1.82) is 0 Å². The van der Waals surface area contributed by atoms with Gasteiger partial charge in [-0.15, -0.1) is 0 Å². The highest BCUT2D eigenvalue weighted by Crippen LogP contribution is 1.25. The molecule has 30 valence electrons. The molecule has 0 aromatic rings. The van der Waals surface area contributed by atoms with Crippen LogP contribution in [-0.4, -0.2) is 5.49 Å². The zero-order valence-electron chi connectivity index (χ0n) is 2.38. The second-order valence-corrected chi connectivity index (χ2v) is 3.98. The summed E-state index contributed by atoms with van der Waals surface area (Å²) in [5.74, 6) is 0. The summed E-state index contributed by atoms with van der Waals surface area (Å²) >= 11 is 8.88. The molecule has 0 aliphatic carbocycles. The first-order chi connectivity index (χ1) is 2.27. The summed E-state index contributed by atoms with van der Waals surface area (Å²) in [5.41, 5.74) is 6.17. The Labute approximate surface area is 41.6 Å². The van der Waals surface area contributed by atoms with Gasteiger partial charge in [-0.05, 0) is 22.4 Å². The molecule has 5 heavy (non-hydrogen) atoms. The summed E-state index contributed by atoms with van der Waals surface area (Å²) in [6.07, 6.45) is 0. The summed E-state index contributed by atoms with van der Waals surface area (Å²) in [5, 5.41) is 0. The lowest BCUT2D eigenvalue weighted by atomic mass is 11.6. The van der Waals surface area contributed by atoms with Crippen molar-refractivity contribution in [3.63, 3.8) is 0 Å². The molecular weight excluding hydrogens is 122 g/mol. The molecule has 0 aromatic carbocycles. The quantitative estimate of drug-likeness (QED) is 0.431. The highest BCUT2D eigenvalue weighted by Gasteiger charge is 1.37. The van der Waals surface area contributed by atoms with Crippen molar-refractivity contribution in [2.45, 2.75) is 0 Å². The Kier molecular flexibility index (Phi) is 2.98. The van der Waals surface area contributed by atoms with Crippen LogP contribution in [0.2, 0.25) is 0 Å². The van der Waals surface area contributed by atoms with Gasteiger partial charge in [0.2, 0.25) is 0 Å². The van der Waals surface area contributed by atoms with Gasteiger partial charge in [-0.25, -0.2) is 0 Å². The van der Waals surface area contributed by atoms with Crippen molar-refractivity contribution in [1.82, 2.24) is 0 Å². The van der Waals surface area contributed by atoms with E-state index in [1.807, 2.05) is 0 Å². The van der Waals surface area contributed by atoms with Crippen molar-refractivity contribution in [2.75, 3.05) is 0 Å². The van der Waals surface area contributed by atoms with E-state index in [0.717, 1.165) is 0 Å². The minimum atomic E-state index is -0.503. The fourth-order valence-electron chi connectivity index (χ4n) is 0. The highest BCUT2D eigenvalue weighted by molar-refractivity contribution is 8.45. The molecule has 4 heteroatoms. The normalized spacial score (nSPS) is 6.60. The smallest absolute Gasteiger partial charge is 0.0407 e. The van der Waals surface area contributed by atoms with Crippen molar-refractivity contribution in [2.24, 2.45) is 5.73 Å². The third-order valence-corrected chi connectivity index (χ3v) is 1.00. The topological polar surface area (TPSA) is 26.0 Å². The first-order valence-corrected chi connectivity index (χ1v) is 4.04. The molecule has 0 aliphatic heterocycles. The number of rotatable bonds is 0. The van der Waals surface area contributed by atoms with Gasteiger partial charge in [0.05, 0.1) is 0 Å². The van der Waals surface area contributed by atoms with Gasteiger partial charge in [-0.1, -0.05) is 7.60 Å². The Morgan fingerprint density at radius 2 is 1.80 bits per heavy atom. The molecule has 0 spiro atoms. The Morgan fingerprint density at radius 3 is 1.80 bits per heavy atom. The van der Waals surface area contributed by atoms with Crippen LogP contribution in [0.5, 0.6) is 0 Å². The average molecular weight is 125 g/mol. The van der Waals surface area contributed by atoms with Gasteiger partial charge in [-0.3, -0.25) is 5.73 Å². The van der Waals surface area contributed by atoms with Crippen LogP contribution in [0.15, 0.2) is 0 Å². The summed E-state index contributed by atoms with van der Waals surface area (Å²) in [4.78, 5) is 0. The Hall–Kier alpha value is 0.490. The standard InChI is InChI=1S/CH3NS3/c2-1-5(3)4/h1H,2H2. The lowest BCUT2D eigenvalue weighted by Gasteiger charge is -1.48. The van der Waals surface area contributed by atoms with Crippen LogP contribution in [0, 0.1) is 0 Å². The highest BCUT2D eigenvalue weighted by atomic mass is 33.1. The molecule has 0 heterocycles. The van der Waals surface area contributed by atoms with Crippen LogP contribution in [0.4, 0.5) is 0 Å². The summed E-state index contributed by atoms with van der Waals surface area (Å²) in [6.45, 7) is 0. The molecule has 0 aromatic heterocycles.